The summed E-state index contributed by atoms with van der Waals surface area (Å²) in [5.41, 5.74) is 0.597. The van der Waals surface area contributed by atoms with Gasteiger partial charge in [-0.1, -0.05) is 18.2 Å². The summed E-state index contributed by atoms with van der Waals surface area (Å²) >= 11 is 0. The molecule has 0 saturated heterocycles. The standard InChI is InChI=1S/C9H7FN2O/c10-8-6-9(13)12(11-8)7-4-2-1-3-5-7/h1-5H,6H2. The molecule has 13 heavy (non-hydrogen) atoms. The molecule has 1 amide bonds. The van der Waals surface area contributed by atoms with Crippen LogP contribution in [0, 0.1) is 0 Å². The molecule has 4 heteroatoms. The van der Waals surface area contributed by atoms with Gasteiger partial charge in [0.25, 0.3) is 5.91 Å². The van der Waals surface area contributed by atoms with E-state index in [1.54, 1.807) is 24.3 Å². The normalized spacial score (nSPS) is 16.2. The van der Waals surface area contributed by atoms with Gasteiger partial charge in [0.15, 0.2) is 0 Å². The van der Waals surface area contributed by atoms with Crippen molar-refractivity contribution in [3.05, 3.63) is 30.3 Å². The quantitative estimate of drug-likeness (QED) is 0.644. The molecule has 66 valence electrons. The highest BCUT2D eigenvalue weighted by Crippen LogP contribution is 2.19. The van der Waals surface area contributed by atoms with Crippen LogP contribution in [0.5, 0.6) is 0 Å². The largest absolute Gasteiger partial charge is 0.272 e. The second-order valence-electron chi connectivity index (χ2n) is 2.69. The Kier molecular flexibility index (Phi) is 1.81. The predicted molar refractivity (Wildman–Crippen MR) is 47.1 cm³/mol. The van der Waals surface area contributed by atoms with Crippen molar-refractivity contribution < 1.29 is 9.18 Å². The Labute approximate surface area is 74.5 Å². The molecular weight excluding hydrogens is 171 g/mol. The predicted octanol–water partition coefficient (Wildman–Crippen LogP) is 1.71. The smallest absolute Gasteiger partial charge is 0.256 e. The van der Waals surface area contributed by atoms with Crippen LogP contribution in [0.3, 0.4) is 0 Å². The molecule has 1 aromatic rings. The average Bonchev–Trinajstić information content (AvgIpc) is 2.47. The minimum atomic E-state index is -0.631. The number of benzene rings is 1. The van der Waals surface area contributed by atoms with E-state index < -0.39 is 5.97 Å². The van der Waals surface area contributed by atoms with Gasteiger partial charge in [-0.3, -0.25) is 4.79 Å². The molecule has 0 saturated carbocycles. The molecule has 0 fully saturated rings. The lowest BCUT2D eigenvalue weighted by Crippen LogP contribution is -2.19. The van der Waals surface area contributed by atoms with E-state index in [-0.39, 0.29) is 12.3 Å². The minimum Gasteiger partial charge on any atom is -0.272 e. The van der Waals surface area contributed by atoms with Crippen molar-refractivity contribution >= 4 is 17.6 Å². The van der Waals surface area contributed by atoms with Gasteiger partial charge < -0.3 is 0 Å². The fraction of sp³-hybridized carbons (Fsp3) is 0.111. The number of nitrogens with zero attached hydrogens (tertiary/aromatic N) is 2. The van der Waals surface area contributed by atoms with Crippen LogP contribution < -0.4 is 5.01 Å². The Morgan fingerprint density at radius 1 is 1.31 bits per heavy atom. The van der Waals surface area contributed by atoms with Gasteiger partial charge in [-0.05, 0) is 12.1 Å². The van der Waals surface area contributed by atoms with Crippen LogP contribution in [-0.2, 0) is 4.79 Å². The number of rotatable bonds is 1. The number of hydrogen-bond acceptors (Lipinski definition) is 2. The van der Waals surface area contributed by atoms with Gasteiger partial charge in [-0.2, -0.15) is 9.40 Å². The SMILES string of the molecule is O=C1CC(F)=NN1c1ccccc1. The average molecular weight is 178 g/mol. The molecule has 1 aliphatic rings. The van der Waals surface area contributed by atoms with Crippen LogP contribution in [0.2, 0.25) is 0 Å². The molecule has 0 aliphatic carbocycles. The van der Waals surface area contributed by atoms with E-state index in [0.29, 0.717) is 5.69 Å². The van der Waals surface area contributed by atoms with Crippen LogP contribution in [-0.4, -0.2) is 11.9 Å². The molecule has 3 nitrogen and oxygen atoms in total. The van der Waals surface area contributed by atoms with E-state index >= 15 is 0 Å². The third-order valence-electron chi connectivity index (χ3n) is 1.74. The number of para-hydroxylation sites is 1. The zero-order chi connectivity index (χ0) is 9.26. The number of amides is 1. The fourth-order valence-corrected chi connectivity index (χ4v) is 1.17. The third-order valence-corrected chi connectivity index (χ3v) is 1.74. The van der Waals surface area contributed by atoms with E-state index in [9.17, 15) is 9.18 Å². The lowest BCUT2D eigenvalue weighted by Gasteiger charge is -2.09. The maximum atomic E-state index is 12.6. The van der Waals surface area contributed by atoms with Gasteiger partial charge in [-0.15, -0.1) is 5.10 Å². The van der Waals surface area contributed by atoms with Crippen LogP contribution in [0.15, 0.2) is 35.4 Å². The lowest BCUT2D eigenvalue weighted by atomic mass is 10.3. The topological polar surface area (TPSA) is 32.7 Å². The van der Waals surface area contributed by atoms with Gasteiger partial charge in [-0.25, -0.2) is 0 Å². The van der Waals surface area contributed by atoms with Crippen molar-refractivity contribution in [2.45, 2.75) is 6.42 Å². The summed E-state index contributed by atoms with van der Waals surface area (Å²) in [6.07, 6.45) is -0.227. The van der Waals surface area contributed by atoms with Crippen LogP contribution in [0.25, 0.3) is 0 Å². The molecule has 1 heterocycles. The Morgan fingerprint density at radius 2 is 2.00 bits per heavy atom. The summed E-state index contributed by atoms with van der Waals surface area (Å²) in [5.74, 6) is -0.961. The van der Waals surface area contributed by atoms with Gasteiger partial charge in [0.05, 0.1) is 5.69 Å². The number of halogens is 1. The molecule has 1 aromatic carbocycles. The van der Waals surface area contributed by atoms with E-state index in [1.165, 1.54) is 0 Å². The van der Waals surface area contributed by atoms with Crippen LogP contribution in [0.1, 0.15) is 6.42 Å². The van der Waals surface area contributed by atoms with Crippen molar-refractivity contribution in [3.63, 3.8) is 0 Å². The summed E-state index contributed by atoms with van der Waals surface area (Å²) < 4.78 is 12.6. The van der Waals surface area contributed by atoms with Crippen molar-refractivity contribution in [2.75, 3.05) is 5.01 Å². The van der Waals surface area contributed by atoms with E-state index in [4.69, 9.17) is 0 Å². The number of hydrazone groups is 1. The fourth-order valence-electron chi connectivity index (χ4n) is 1.17. The van der Waals surface area contributed by atoms with Gasteiger partial charge in [0.1, 0.15) is 6.42 Å². The molecular formula is C9H7FN2O. The molecule has 1 aliphatic heterocycles. The Morgan fingerprint density at radius 3 is 2.54 bits per heavy atom. The molecule has 0 radical (unpaired) electrons. The zero-order valence-corrected chi connectivity index (χ0v) is 6.77. The highest BCUT2D eigenvalue weighted by Gasteiger charge is 2.24. The Bertz CT molecular complexity index is 361. The van der Waals surface area contributed by atoms with E-state index in [0.717, 1.165) is 5.01 Å². The first-order valence-electron chi connectivity index (χ1n) is 3.88. The highest BCUT2D eigenvalue weighted by molar-refractivity contribution is 6.09. The first-order valence-corrected chi connectivity index (χ1v) is 3.88. The van der Waals surface area contributed by atoms with E-state index in [1.807, 2.05) is 6.07 Å². The van der Waals surface area contributed by atoms with Gasteiger partial charge in [0.2, 0.25) is 5.97 Å². The molecule has 0 bridgehead atoms. The second-order valence-corrected chi connectivity index (χ2v) is 2.69. The van der Waals surface area contributed by atoms with Crippen LogP contribution in [0.4, 0.5) is 10.1 Å². The minimum absolute atomic E-state index is 0.227. The monoisotopic (exact) mass is 178 g/mol. The molecule has 0 aromatic heterocycles. The molecule has 0 N–H and O–H groups in total. The molecule has 0 spiro atoms. The van der Waals surface area contributed by atoms with E-state index in [2.05, 4.69) is 5.10 Å². The number of carbonyl (C=O) groups excluding carboxylic acids is 1. The summed E-state index contributed by atoms with van der Waals surface area (Å²) in [6, 6.07) is 8.78. The molecule has 0 atom stereocenters. The Balaban J connectivity index is 2.33. The van der Waals surface area contributed by atoms with Crippen molar-refractivity contribution in [3.8, 4) is 0 Å². The number of carbonyl (C=O) groups is 1. The molecule has 2 rings (SSSR count). The summed E-state index contributed by atoms with van der Waals surface area (Å²) in [4.78, 5) is 11.2. The van der Waals surface area contributed by atoms with Gasteiger partial charge in [0, 0.05) is 0 Å². The molecule has 0 unspecified atom stereocenters. The van der Waals surface area contributed by atoms with Crippen molar-refractivity contribution in [1.82, 2.24) is 0 Å². The summed E-state index contributed by atoms with van der Waals surface area (Å²) in [5, 5.41) is 4.55. The number of anilines is 1. The first kappa shape index (κ1) is 7.91. The first-order chi connectivity index (χ1) is 6.27. The number of hydrogen-bond donors (Lipinski definition) is 0. The van der Waals surface area contributed by atoms with Crippen LogP contribution >= 0.6 is 0 Å². The second kappa shape index (κ2) is 2.97. The highest BCUT2D eigenvalue weighted by atomic mass is 19.1. The zero-order valence-electron chi connectivity index (χ0n) is 6.77. The van der Waals surface area contributed by atoms with Crippen molar-refractivity contribution in [2.24, 2.45) is 5.10 Å². The maximum absolute atomic E-state index is 12.6. The summed E-state index contributed by atoms with van der Waals surface area (Å²) in [7, 11) is 0. The lowest BCUT2D eigenvalue weighted by molar-refractivity contribution is -0.116. The maximum Gasteiger partial charge on any atom is 0.256 e. The summed E-state index contributed by atoms with van der Waals surface area (Å²) in [6.45, 7) is 0. The third kappa shape index (κ3) is 1.42. The Hall–Kier alpha value is -1.71. The van der Waals surface area contributed by atoms with Gasteiger partial charge >= 0.3 is 0 Å². The van der Waals surface area contributed by atoms with Crippen molar-refractivity contribution in [1.29, 1.82) is 0 Å².